The topological polar surface area (TPSA) is 99.7 Å². The number of H-pyrrole nitrogens is 1. The normalized spacial score (nSPS) is 10.8. The molecule has 3 aromatic rings. The predicted molar refractivity (Wildman–Crippen MR) is 112 cm³/mol. The molecule has 1 amide bonds. The number of carbonyl (C=O) groups excluding carboxylic acids is 2. The van der Waals surface area contributed by atoms with Crippen LogP contribution in [-0.4, -0.2) is 33.6 Å². The van der Waals surface area contributed by atoms with Crippen molar-refractivity contribution in [2.24, 2.45) is 12.1 Å². The van der Waals surface area contributed by atoms with Gasteiger partial charge in [-0.3, -0.25) is 9.48 Å². The summed E-state index contributed by atoms with van der Waals surface area (Å²) in [6, 6.07) is 12.5. The van der Waals surface area contributed by atoms with E-state index in [-0.39, 0.29) is 11.7 Å². The number of rotatable bonds is 7. The van der Waals surface area contributed by atoms with E-state index >= 15 is 0 Å². The number of aryl methyl sites for hydroxylation is 1. The highest BCUT2D eigenvalue weighted by atomic mass is 79.9. The monoisotopic (exact) mass is 474 g/mol. The summed E-state index contributed by atoms with van der Waals surface area (Å²) in [5.74, 6) is -0.176. The number of nitrogens with zero attached hydrogens (tertiary/aromatic N) is 3. The molecule has 0 spiro atoms. The Labute approximate surface area is 179 Å². The number of ether oxygens (including phenoxy) is 1. The minimum Gasteiger partial charge on any atom is -0.422 e. The van der Waals surface area contributed by atoms with Crippen molar-refractivity contribution in [2.75, 3.05) is 5.75 Å². The third-order valence-electron chi connectivity index (χ3n) is 3.60. The zero-order valence-corrected chi connectivity index (χ0v) is 17.7. The highest BCUT2D eigenvalue weighted by molar-refractivity contribution is 9.10. The molecule has 0 aliphatic carbocycles. The number of hydrazone groups is 1. The number of aromatic amines is 1. The summed E-state index contributed by atoms with van der Waals surface area (Å²) in [4.78, 5) is 27.2. The summed E-state index contributed by atoms with van der Waals surface area (Å²) < 4.78 is 7.37. The molecule has 0 saturated heterocycles. The summed E-state index contributed by atoms with van der Waals surface area (Å²) in [6.45, 7) is 0. The van der Waals surface area contributed by atoms with E-state index in [1.807, 2.05) is 18.2 Å². The van der Waals surface area contributed by atoms with E-state index in [0.717, 1.165) is 5.03 Å². The first-order chi connectivity index (χ1) is 14.0. The third kappa shape index (κ3) is 6.00. The van der Waals surface area contributed by atoms with Gasteiger partial charge in [0.2, 0.25) is 5.03 Å². The first-order valence-electron chi connectivity index (χ1n) is 8.44. The SMILES string of the molecule is Cn1ncc(Br)c1C(=O)Oc1cccc(C=NNC(=O)CSc2cccc[nH+]2)c1. The molecule has 2 aromatic heterocycles. The van der Waals surface area contributed by atoms with E-state index in [9.17, 15) is 9.59 Å². The van der Waals surface area contributed by atoms with Gasteiger partial charge in [-0.1, -0.05) is 12.1 Å². The van der Waals surface area contributed by atoms with Crippen LogP contribution in [0.1, 0.15) is 16.1 Å². The molecule has 0 unspecified atom stereocenters. The van der Waals surface area contributed by atoms with Crippen LogP contribution in [0.5, 0.6) is 5.75 Å². The zero-order chi connectivity index (χ0) is 20.6. The molecule has 0 bridgehead atoms. The highest BCUT2D eigenvalue weighted by Crippen LogP contribution is 2.19. The number of amides is 1. The molecule has 0 saturated carbocycles. The summed E-state index contributed by atoms with van der Waals surface area (Å²) in [5, 5.41) is 8.82. The lowest BCUT2D eigenvalue weighted by molar-refractivity contribution is -0.426. The van der Waals surface area contributed by atoms with Crippen LogP contribution in [0.3, 0.4) is 0 Å². The molecule has 148 valence electrons. The number of hydrogen-bond acceptors (Lipinski definition) is 6. The van der Waals surface area contributed by atoms with Crippen LogP contribution in [0.4, 0.5) is 0 Å². The van der Waals surface area contributed by atoms with Gasteiger partial charge >= 0.3 is 5.97 Å². The Kier molecular flexibility index (Phi) is 7.14. The summed E-state index contributed by atoms with van der Waals surface area (Å²) in [7, 11) is 1.65. The maximum atomic E-state index is 12.3. The summed E-state index contributed by atoms with van der Waals surface area (Å²) in [5.41, 5.74) is 3.45. The van der Waals surface area contributed by atoms with Crippen LogP contribution in [-0.2, 0) is 11.8 Å². The third-order valence-corrected chi connectivity index (χ3v) is 5.15. The van der Waals surface area contributed by atoms with E-state index in [1.54, 1.807) is 37.5 Å². The van der Waals surface area contributed by atoms with Gasteiger partial charge in [0, 0.05) is 19.2 Å². The molecule has 0 atom stereocenters. The lowest BCUT2D eigenvalue weighted by atomic mass is 10.2. The van der Waals surface area contributed by atoms with Gasteiger partial charge in [-0.05, 0) is 51.5 Å². The Morgan fingerprint density at radius 3 is 2.93 bits per heavy atom. The maximum absolute atomic E-state index is 12.3. The van der Waals surface area contributed by atoms with Crippen LogP contribution in [0.25, 0.3) is 0 Å². The van der Waals surface area contributed by atoms with Gasteiger partial charge in [0.05, 0.1) is 22.6 Å². The largest absolute Gasteiger partial charge is 0.422 e. The van der Waals surface area contributed by atoms with Crippen LogP contribution >= 0.6 is 27.7 Å². The van der Waals surface area contributed by atoms with E-state index < -0.39 is 5.97 Å². The van der Waals surface area contributed by atoms with Crippen molar-refractivity contribution in [1.29, 1.82) is 0 Å². The molecule has 2 heterocycles. The molecular weight excluding hydrogens is 458 g/mol. The fourth-order valence-corrected chi connectivity index (χ4v) is 3.46. The minimum absolute atomic E-state index is 0.229. The summed E-state index contributed by atoms with van der Waals surface area (Å²) >= 11 is 4.65. The van der Waals surface area contributed by atoms with Crippen molar-refractivity contribution in [3.8, 4) is 5.75 Å². The fraction of sp³-hybridized carbons (Fsp3) is 0.105. The Bertz CT molecular complexity index is 1020. The number of nitrogens with one attached hydrogen (secondary N) is 2. The quantitative estimate of drug-likeness (QED) is 0.186. The average Bonchev–Trinajstić information content (AvgIpc) is 3.06. The van der Waals surface area contributed by atoms with Gasteiger partial charge in [-0.2, -0.15) is 10.2 Å². The molecule has 0 fully saturated rings. The first-order valence-corrected chi connectivity index (χ1v) is 10.2. The standard InChI is InChI=1S/C19H16BrN5O3S/c1-25-18(15(20)11-23-25)19(27)28-14-6-4-5-13(9-14)10-22-24-16(26)12-29-17-7-2-3-8-21-17/h2-11H,12H2,1H3,(H,24,26)/p+1. The molecule has 0 aliphatic rings. The Hall–Kier alpha value is -2.98. The van der Waals surface area contributed by atoms with Crippen molar-refractivity contribution in [1.82, 2.24) is 15.2 Å². The number of thioether (sulfide) groups is 1. The number of aromatic nitrogens is 3. The average molecular weight is 475 g/mol. The van der Waals surface area contributed by atoms with Gasteiger partial charge in [0.15, 0.2) is 11.9 Å². The van der Waals surface area contributed by atoms with E-state index in [2.05, 4.69) is 36.5 Å². The lowest BCUT2D eigenvalue weighted by Crippen LogP contribution is -2.20. The molecule has 1 aromatic carbocycles. The van der Waals surface area contributed by atoms with Gasteiger partial charge in [-0.25, -0.2) is 15.2 Å². The first kappa shape index (κ1) is 20.7. The maximum Gasteiger partial charge on any atom is 0.363 e. The number of benzene rings is 1. The molecule has 29 heavy (non-hydrogen) atoms. The van der Waals surface area contributed by atoms with E-state index in [1.165, 1.54) is 28.9 Å². The van der Waals surface area contributed by atoms with Crippen molar-refractivity contribution in [3.05, 3.63) is 70.6 Å². The van der Waals surface area contributed by atoms with Gasteiger partial charge in [0.1, 0.15) is 5.75 Å². The fourth-order valence-electron chi connectivity index (χ4n) is 2.28. The van der Waals surface area contributed by atoms with Crippen molar-refractivity contribution >= 4 is 45.8 Å². The smallest absolute Gasteiger partial charge is 0.363 e. The van der Waals surface area contributed by atoms with Gasteiger partial charge < -0.3 is 4.74 Å². The number of hydrogen-bond donors (Lipinski definition) is 1. The van der Waals surface area contributed by atoms with E-state index in [4.69, 9.17) is 4.74 Å². The van der Waals surface area contributed by atoms with Crippen molar-refractivity contribution < 1.29 is 19.3 Å². The van der Waals surface area contributed by atoms with E-state index in [0.29, 0.717) is 21.5 Å². The Morgan fingerprint density at radius 2 is 2.21 bits per heavy atom. The van der Waals surface area contributed by atoms with Crippen molar-refractivity contribution in [3.63, 3.8) is 0 Å². The number of carbonyl (C=O) groups is 2. The molecular formula is C19H17BrN5O3S+. The molecule has 3 rings (SSSR count). The van der Waals surface area contributed by atoms with Crippen LogP contribution in [0.2, 0.25) is 0 Å². The van der Waals surface area contributed by atoms with Crippen molar-refractivity contribution in [2.45, 2.75) is 5.03 Å². The molecule has 2 N–H and O–H groups in total. The minimum atomic E-state index is -0.533. The second kappa shape index (κ2) is 9.99. The van der Waals surface area contributed by atoms with Gasteiger partial charge in [-0.15, -0.1) is 0 Å². The second-order valence-corrected chi connectivity index (χ2v) is 7.61. The Balaban J connectivity index is 1.54. The predicted octanol–water partition coefficient (Wildman–Crippen LogP) is 2.46. The van der Waals surface area contributed by atoms with Crippen LogP contribution in [0.15, 0.2) is 69.5 Å². The molecule has 0 aliphatic heterocycles. The number of esters is 1. The zero-order valence-electron chi connectivity index (χ0n) is 15.3. The lowest BCUT2D eigenvalue weighted by Gasteiger charge is -2.06. The second-order valence-electron chi connectivity index (χ2n) is 5.74. The van der Waals surface area contributed by atoms with Crippen LogP contribution < -0.4 is 15.1 Å². The summed E-state index contributed by atoms with van der Waals surface area (Å²) in [6.07, 6.45) is 4.80. The number of halogens is 1. The number of pyridine rings is 1. The molecule has 0 radical (unpaired) electrons. The molecule has 10 heteroatoms. The van der Waals surface area contributed by atoms with Crippen LogP contribution in [0, 0.1) is 0 Å². The Morgan fingerprint density at radius 1 is 1.34 bits per heavy atom. The highest BCUT2D eigenvalue weighted by Gasteiger charge is 2.17. The van der Waals surface area contributed by atoms with Gasteiger partial charge in [0.25, 0.3) is 5.91 Å². The molecule has 8 nitrogen and oxygen atoms in total.